The SMILES string of the molecule is CC(C)OP(=O)(O)OC(C(F)(F)F)C(F)(F)F. The summed E-state index contributed by atoms with van der Waals surface area (Å²) in [6, 6.07) is 0. The lowest BCUT2D eigenvalue weighted by Gasteiger charge is -2.25. The van der Waals surface area contributed by atoms with Crippen molar-refractivity contribution >= 4 is 7.82 Å². The lowest BCUT2D eigenvalue weighted by molar-refractivity contribution is -0.303. The first-order valence-corrected chi connectivity index (χ1v) is 5.58. The molecule has 4 nitrogen and oxygen atoms in total. The molecule has 1 N–H and O–H groups in total. The van der Waals surface area contributed by atoms with Gasteiger partial charge in [0, 0.05) is 0 Å². The fraction of sp³-hybridized carbons (Fsp3) is 1.00. The zero-order valence-electron chi connectivity index (χ0n) is 8.54. The molecule has 17 heavy (non-hydrogen) atoms. The van der Waals surface area contributed by atoms with Crippen molar-refractivity contribution in [3.05, 3.63) is 0 Å². The first-order chi connectivity index (χ1) is 7.26. The van der Waals surface area contributed by atoms with E-state index in [0.717, 1.165) is 13.8 Å². The minimum atomic E-state index is -5.86. The van der Waals surface area contributed by atoms with Crippen molar-refractivity contribution in [3.8, 4) is 0 Å². The maximum absolute atomic E-state index is 12.0. The molecule has 0 saturated heterocycles. The summed E-state index contributed by atoms with van der Waals surface area (Å²) in [5.74, 6) is 0. The van der Waals surface area contributed by atoms with Crippen LogP contribution in [0.3, 0.4) is 0 Å². The molecule has 0 radical (unpaired) electrons. The summed E-state index contributed by atoms with van der Waals surface area (Å²) in [6.07, 6.45) is -17.2. The molecule has 0 heterocycles. The first kappa shape index (κ1) is 16.7. The van der Waals surface area contributed by atoms with Crippen molar-refractivity contribution in [2.45, 2.75) is 38.4 Å². The van der Waals surface area contributed by atoms with Crippen molar-refractivity contribution in [2.75, 3.05) is 0 Å². The van der Waals surface area contributed by atoms with Crippen LogP contribution in [0.2, 0.25) is 0 Å². The van der Waals surface area contributed by atoms with E-state index >= 15 is 0 Å². The Bertz CT molecular complexity index is 284. The van der Waals surface area contributed by atoms with Gasteiger partial charge >= 0.3 is 20.2 Å². The van der Waals surface area contributed by atoms with Crippen LogP contribution in [0, 0.1) is 0 Å². The molecule has 0 amide bonds. The smallest absolute Gasteiger partial charge is 0.302 e. The Morgan fingerprint density at radius 1 is 1.00 bits per heavy atom. The Balaban J connectivity index is 4.96. The van der Waals surface area contributed by atoms with Gasteiger partial charge < -0.3 is 4.89 Å². The number of phosphoric ester groups is 1. The van der Waals surface area contributed by atoms with Gasteiger partial charge in [-0.15, -0.1) is 0 Å². The molecule has 0 saturated carbocycles. The van der Waals surface area contributed by atoms with E-state index in [0.29, 0.717) is 0 Å². The molecule has 0 aromatic carbocycles. The summed E-state index contributed by atoms with van der Waals surface area (Å²) >= 11 is 0. The molecule has 0 aliphatic rings. The Kier molecular flexibility index (Phi) is 5.04. The molecule has 104 valence electrons. The third-order valence-electron chi connectivity index (χ3n) is 1.18. The van der Waals surface area contributed by atoms with Crippen molar-refractivity contribution < 1.29 is 44.8 Å². The fourth-order valence-electron chi connectivity index (χ4n) is 0.730. The van der Waals surface area contributed by atoms with Crippen LogP contribution in [0.15, 0.2) is 0 Å². The molecule has 1 unspecified atom stereocenters. The summed E-state index contributed by atoms with van der Waals surface area (Å²) in [4.78, 5) is 8.69. The van der Waals surface area contributed by atoms with E-state index in [1.807, 2.05) is 0 Å². The van der Waals surface area contributed by atoms with E-state index in [9.17, 15) is 30.9 Å². The van der Waals surface area contributed by atoms with E-state index in [2.05, 4.69) is 9.05 Å². The average molecular weight is 290 g/mol. The highest BCUT2D eigenvalue weighted by molar-refractivity contribution is 7.47. The molecule has 11 heteroatoms. The minimum absolute atomic E-state index is 1.08. The van der Waals surface area contributed by atoms with E-state index in [-0.39, 0.29) is 0 Å². The largest absolute Gasteiger partial charge is 0.473 e. The predicted octanol–water partition coefficient (Wildman–Crippen LogP) is 3.02. The lowest BCUT2D eigenvalue weighted by atomic mass is 10.3. The fourth-order valence-corrected chi connectivity index (χ4v) is 1.82. The van der Waals surface area contributed by atoms with Crippen LogP contribution in [0.25, 0.3) is 0 Å². The molecule has 0 spiro atoms. The Hall–Kier alpha value is -0.310. The van der Waals surface area contributed by atoms with Gasteiger partial charge in [0.1, 0.15) is 0 Å². The van der Waals surface area contributed by atoms with Gasteiger partial charge in [-0.1, -0.05) is 0 Å². The molecule has 0 bridgehead atoms. The van der Waals surface area contributed by atoms with Crippen LogP contribution in [-0.2, 0) is 13.6 Å². The van der Waals surface area contributed by atoms with Gasteiger partial charge in [-0.3, -0.25) is 9.05 Å². The average Bonchev–Trinajstić information content (AvgIpc) is 1.93. The van der Waals surface area contributed by atoms with E-state index in [1.165, 1.54) is 0 Å². The second-order valence-electron chi connectivity index (χ2n) is 3.19. The first-order valence-electron chi connectivity index (χ1n) is 4.09. The Labute approximate surface area is 92.1 Å². The monoisotopic (exact) mass is 290 g/mol. The normalized spacial score (nSPS) is 17.6. The molecular weight excluding hydrogens is 281 g/mol. The van der Waals surface area contributed by atoms with Crippen LogP contribution in [-0.4, -0.2) is 29.5 Å². The van der Waals surface area contributed by atoms with E-state index in [4.69, 9.17) is 4.89 Å². The van der Waals surface area contributed by atoms with Crippen molar-refractivity contribution in [1.82, 2.24) is 0 Å². The van der Waals surface area contributed by atoms with E-state index < -0.39 is 32.4 Å². The molecular formula is C6H9F6O4P. The van der Waals surface area contributed by atoms with Crippen molar-refractivity contribution in [1.29, 1.82) is 0 Å². The summed E-state index contributed by atoms with van der Waals surface area (Å²) in [5.41, 5.74) is 0. The van der Waals surface area contributed by atoms with Crippen molar-refractivity contribution in [2.24, 2.45) is 0 Å². The van der Waals surface area contributed by atoms with Crippen LogP contribution in [0.1, 0.15) is 13.8 Å². The van der Waals surface area contributed by atoms with Crippen LogP contribution in [0.5, 0.6) is 0 Å². The van der Waals surface area contributed by atoms with Gasteiger partial charge in [-0.25, -0.2) is 4.57 Å². The Morgan fingerprint density at radius 3 is 1.59 bits per heavy atom. The quantitative estimate of drug-likeness (QED) is 0.638. The highest BCUT2D eigenvalue weighted by Gasteiger charge is 2.60. The standard InChI is InChI=1S/C6H9F6O4P/c1-3(2)15-17(13,14)16-4(5(7,8)9)6(10,11)12/h3-4H,1-2H3,(H,13,14). The molecule has 0 aliphatic heterocycles. The van der Waals surface area contributed by atoms with Gasteiger partial charge in [-0.2, -0.15) is 26.3 Å². The third kappa shape index (κ3) is 6.25. The topological polar surface area (TPSA) is 55.8 Å². The van der Waals surface area contributed by atoms with Crippen LogP contribution in [0.4, 0.5) is 26.3 Å². The molecule has 1 atom stereocenters. The second kappa shape index (κ2) is 5.13. The zero-order valence-corrected chi connectivity index (χ0v) is 9.44. The number of halogens is 6. The summed E-state index contributed by atoms with van der Waals surface area (Å²) in [6.45, 7) is 2.28. The summed E-state index contributed by atoms with van der Waals surface area (Å²) in [7, 11) is -5.44. The molecule has 0 aliphatic carbocycles. The third-order valence-corrected chi connectivity index (χ3v) is 2.34. The van der Waals surface area contributed by atoms with Gasteiger partial charge in [0.05, 0.1) is 6.10 Å². The lowest BCUT2D eigenvalue weighted by Crippen LogP contribution is -2.43. The highest BCUT2D eigenvalue weighted by atomic mass is 31.2. The molecule has 0 rings (SSSR count). The molecule has 0 aromatic rings. The Morgan fingerprint density at radius 2 is 1.35 bits per heavy atom. The van der Waals surface area contributed by atoms with Crippen LogP contribution >= 0.6 is 7.82 Å². The summed E-state index contributed by atoms with van der Waals surface area (Å²) in [5, 5.41) is 0. The predicted molar refractivity (Wildman–Crippen MR) is 43.0 cm³/mol. The molecule has 0 fully saturated rings. The van der Waals surface area contributed by atoms with Gasteiger partial charge in [0.25, 0.3) is 6.10 Å². The van der Waals surface area contributed by atoms with Gasteiger partial charge in [-0.05, 0) is 13.8 Å². The maximum Gasteiger partial charge on any atom is 0.473 e. The number of rotatable bonds is 4. The van der Waals surface area contributed by atoms with Crippen molar-refractivity contribution in [3.63, 3.8) is 0 Å². The summed E-state index contributed by atoms with van der Waals surface area (Å²) < 4.78 is 89.6. The van der Waals surface area contributed by atoms with Gasteiger partial charge in [0.2, 0.25) is 0 Å². The molecule has 0 aromatic heterocycles. The number of alkyl halides is 6. The highest BCUT2D eigenvalue weighted by Crippen LogP contribution is 2.51. The van der Waals surface area contributed by atoms with Gasteiger partial charge in [0.15, 0.2) is 0 Å². The maximum atomic E-state index is 12.0. The second-order valence-corrected chi connectivity index (χ2v) is 4.55. The van der Waals surface area contributed by atoms with Crippen LogP contribution < -0.4 is 0 Å². The number of phosphoric acid groups is 1. The number of hydrogen-bond donors (Lipinski definition) is 1. The number of hydrogen-bond acceptors (Lipinski definition) is 3. The van der Waals surface area contributed by atoms with E-state index in [1.54, 1.807) is 0 Å². The zero-order chi connectivity index (χ0) is 14.1. The minimum Gasteiger partial charge on any atom is -0.302 e.